The number of anilines is 1. The minimum absolute atomic E-state index is 0.0232. The molecular weight excluding hydrogens is 480 g/mol. The van der Waals surface area contributed by atoms with Crippen molar-refractivity contribution in [1.29, 1.82) is 0 Å². The summed E-state index contributed by atoms with van der Waals surface area (Å²) in [5.41, 5.74) is 2.10. The summed E-state index contributed by atoms with van der Waals surface area (Å²) in [5.74, 6) is 1.00. The zero-order valence-electron chi connectivity index (χ0n) is 19.5. The smallest absolute Gasteiger partial charge is 0.273 e. The van der Waals surface area contributed by atoms with E-state index in [1.165, 1.54) is 34.6 Å². The molecule has 1 amide bonds. The number of carbonyl (C=O) groups is 1. The maximum atomic E-state index is 13.2. The second kappa shape index (κ2) is 11.2. The number of aromatic nitrogens is 1. The summed E-state index contributed by atoms with van der Waals surface area (Å²) in [5, 5.41) is 16.9. The molecule has 0 radical (unpaired) electrons. The average molecular weight is 503 g/mol. The molecular formula is C26H22N4O5S. The van der Waals surface area contributed by atoms with E-state index in [9.17, 15) is 14.9 Å². The van der Waals surface area contributed by atoms with Crippen molar-refractivity contribution in [2.75, 3.05) is 18.7 Å². The molecule has 1 aromatic heterocycles. The molecule has 36 heavy (non-hydrogen) atoms. The number of rotatable bonds is 9. The fourth-order valence-corrected chi connectivity index (χ4v) is 4.15. The summed E-state index contributed by atoms with van der Waals surface area (Å²) in [6, 6.07) is 18.7. The van der Waals surface area contributed by atoms with Crippen LogP contribution in [0.4, 0.5) is 10.8 Å². The molecule has 4 rings (SSSR count). The van der Waals surface area contributed by atoms with E-state index < -0.39 is 10.8 Å². The van der Waals surface area contributed by atoms with E-state index in [2.05, 4.69) is 10.1 Å². The fourth-order valence-electron chi connectivity index (χ4n) is 3.20. The number of non-ortho nitro benzene ring substituents is 1. The second-order valence-electron chi connectivity index (χ2n) is 7.41. The third-order valence-corrected chi connectivity index (χ3v) is 6.00. The zero-order valence-corrected chi connectivity index (χ0v) is 20.3. The summed E-state index contributed by atoms with van der Waals surface area (Å²) in [6.45, 7) is 2.48. The Morgan fingerprint density at radius 2 is 1.78 bits per heavy atom. The van der Waals surface area contributed by atoms with Crippen molar-refractivity contribution >= 4 is 50.6 Å². The van der Waals surface area contributed by atoms with E-state index in [1.54, 1.807) is 37.6 Å². The van der Waals surface area contributed by atoms with Crippen molar-refractivity contribution in [2.24, 2.45) is 5.10 Å². The van der Waals surface area contributed by atoms with Crippen LogP contribution < -0.4 is 14.5 Å². The van der Waals surface area contributed by atoms with Crippen LogP contribution in [0, 0.1) is 10.1 Å². The van der Waals surface area contributed by atoms with Crippen molar-refractivity contribution in [1.82, 2.24) is 4.98 Å². The van der Waals surface area contributed by atoms with Crippen molar-refractivity contribution < 1.29 is 19.2 Å². The predicted molar refractivity (Wildman–Crippen MR) is 141 cm³/mol. The van der Waals surface area contributed by atoms with Crippen LogP contribution in [0.25, 0.3) is 16.3 Å². The van der Waals surface area contributed by atoms with Gasteiger partial charge in [-0.3, -0.25) is 14.9 Å². The molecule has 0 saturated carbocycles. The number of amides is 1. The van der Waals surface area contributed by atoms with Crippen LogP contribution in [0.2, 0.25) is 0 Å². The number of nitro benzene ring substituents is 1. The first-order valence-electron chi connectivity index (χ1n) is 10.9. The van der Waals surface area contributed by atoms with E-state index in [0.29, 0.717) is 28.6 Å². The lowest BCUT2D eigenvalue weighted by molar-refractivity contribution is -0.384. The molecule has 182 valence electrons. The van der Waals surface area contributed by atoms with Crippen LogP contribution in [-0.4, -0.2) is 35.7 Å². The number of nitrogens with zero attached hydrogens (tertiary/aromatic N) is 4. The molecule has 0 bridgehead atoms. The highest BCUT2D eigenvalue weighted by Gasteiger charge is 2.18. The molecule has 3 aromatic carbocycles. The first-order valence-corrected chi connectivity index (χ1v) is 11.8. The molecule has 1 heterocycles. The number of fused-ring (bicyclic) bond motifs is 1. The number of benzene rings is 3. The van der Waals surface area contributed by atoms with Gasteiger partial charge in [0.15, 0.2) is 0 Å². The molecule has 0 saturated heterocycles. The van der Waals surface area contributed by atoms with E-state index >= 15 is 0 Å². The molecule has 0 spiro atoms. The Labute approximate surface area is 211 Å². The van der Waals surface area contributed by atoms with Crippen LogP contribution >= 0.6 is 11.3 Å². The van der Waals surface area contributed by atoms with Crippen LogP contribution in [0.15, 0.2) is 77.9 Å². The fraction of sp³-hybridized carbons (Fsp3) is 0.115. The van der Waals surface area contributed by atoms with Gasteiger partial charge in [-0.15, -0.1) is 0 Å². The minimum Gasteiger partial charge on any atom is -0.497 e. The molecule has 0 N–H and O–H groups in total. The third kappa shape index (κ3) is 5.91. The number of methoxy groups -OCH3 is 1. The predicted octanol–water partition coefficient (Wildman–Crippen LogP) is 5.69. The number of ether oxygens (including phenoxy) is 2. The normalized spacial score (nSPS) is 11.3. The Balaban J connectivity index is 1.63. The number of hydrogen-bond acceptors (Lipinski definition) is 8. The van der Waals surface area contributed by atoms with E-state index in [1.807, 2.05) is 43.3 Å². The quantitative estimate of drug-likeness (QED) is 0.126. The monoisotopic (exact) mass is 502 g/mol. The highest BCUT2D eigenvalue weighted by atomic mass is 32.1. The van der Waals surface area contributed by atoms with Crippen LogP contribution in [0.1, 0.15) is 18.1 Å². The van der Waals surface area contributed by atoms with Gasteiger partial charge < -0.3 is 9.47 Å². The lowest BCUT2D eigenvalue weighted by atomic mass is 10.2. The van der Waals surface area contributed by atoms with Crippen molar-refractivity contribution in [3.63, 3.8) is 0 Å². The lowest BCUT2D eigenvalue weighted by Crippen LogP contribution is -2.23. The van der Waals surface area contributed by atoms with Gasteiger partial charge in [-0.1, -0.05) is 11.3 Å². The van der Waals surface area contributed by atoms with Crippen molar-refractivity contribution in [2.45, 2.75) is 6.92 Å². The molecule has 4 aromatic rings. The largest absolute Gasteiger partial charge is 0.497 e. The number of hydrazone groups is 1. The topological polar surface area (TPSA) is 107 Å². The molecule has 0 aliphatic rings. The van der Waals surface area contributed by atoms with E-state index in [4.69, 9.17) is 9.47 Å². The summed E-state index contributed by atoms with van der Waals surface area (Å²) in [7, 11) is 1.59. The Kier molecular flexibility index (Phi) is 7.66. The number of carbonyl (C=O) groups excluding carboxylic acids is 1. The van der Waals surface area contributed by atoms with Crippen LogP contribution in [0.5, 0.6) is 11.5 Å². The highest BCUT2D eigenvalue weighted by molar-refractivity contribution is 7.22. The van der Waals surface area contributed by atoms with Gasteiger partial charge in [-0.2, -0.15) is 10.1 Å². The maximum Gasteiger partial charge on any atom is 0.273 e. The van der Waals surface area contributed by atoms with Gasteiger partial charge >= 0.3 is 0 Å². The summed E-state index contributed by atoms with van der Waals surface area (Å²) in [4.78, 5) is 28.2. The Morgan fingerprint density at radius 1 is 1.08 bits per heavy atom. The van der Waals surface area contributed by atoms with Crippen LogP contribution in [0.3, 0.4) is 0 Å². The number of nitro groups is 1. The van der Waals surface area contributed by atoms with Gasteiger partial charge in [0, 0.05) is 18.2 Å². The Hall–Kier alpha value is -4.57. The molecule has 0 aliphatic carbocycles. The van der Waals surface area contributed by atoms with Gasteiger partial charge in [-0.25, -0.2) is 4.98 Å². The number of hydrogen-bond donors (Lipinski definition) is 0. The van der Waals surface area contributed by atoms with E-state index in [-0.39, 0.29) is 5.69 Å². The highest BCUT2D eigenvalue weighted by Crippen LogP contribution is 2.32. The maximum absolute atomic E-state index is 13.2. The average Bonchev–Trinajstić information content (AvgIpc) is 3.31. The van der Waals surface area contributed by atoms with E-state index in [0.717, 1.165) is 16.0 Å². The molecule has 9 nitrogen and oxygen atoms in total. The molecule has 0 aliphatic heterocycles. The first-order chi connectivity index (χ1) is 17.5. The Morgan fingerprint density at radius 3 is 2.44 bits per heavy atom. The van der Waals surface area contributed by atoms with Gasteiger partial charge in [0.2, 0.25) is 5.13 Å². The van der Waals surface area contributed by atoms with Gasteiger partial charge in [0.25, 0.3) is 11.6 Å². The first kappa shape index (κ1) is 24.6. The zero-order chi connectivity index (χ0) is 25.5. The molecule has 0 unspecified atom stereocenters. The van der Waals surface area contributed by atoms with Gasteiger partial charge in [0.05, 0.1) is 35.1 Å². The van der Waals surface area contributed by atoms with Crippen LogP contribution in [-0.2, 0) is 4.79 Å². The standard InChI is InChI=1S/C26H22N4O5S/c1-3-35-21-11-6-19(7-12-21)17-27-29(26-28-23-14-13-22(34-2)16-24(23)36-26)25(31)15-8-18-4-9-20(10-5-18)30(32)33/h4-17H,3H2,1-2H3/b15-8+,27-17+. The molecule has 10 heteroatoms. The molecule has 0 fully saturated rings. The lowest BCUT2D eigenvalue weighted by Gasteiger charge is -2.11. The van der Waals surface area contributed by atoms with Gasteiger partial charge in [0.1, 0.15) is 11.5 Å². The van der Waals surface area contributed by atoms with Crippen molar-refractivity contribution in [3.8, 4) is 11.5 Å². The summed E-state index contributed by atoms with van der Waals surface area (Å²) < 4.78 is 11.6. The number of thiazole rings is 1. The van der Waals surface area contributed by atoms with Gasteiger partial charge in [-0.05, 0) is 78.7 Å². The second-order valence-corrected chi connectivity index (χ2v) is 8.42. The molecule has 0 atom stereocenters. The summed E-state index contributed by atoms with van der Waals surface area (Å²) in [6.07, 6.45) is 4.49. The third-order valence-electron chi connectivity index (χ3n) is 5.01. The minimum atomic E-state index is -0.474. The SMILES string of the molecule is CCOc1ccc(/C=N/N(C(=O)/C=C/c2ccc([N+](=O)[O-])cc2)c2nc3ccc(OC)cc3s2)cc1. The van der Waals surface area contributed by atoms with Crippen molar-refractivity contribution in [3.05, 3.63) is 94.0 Å². The Bertz CT molecular complexity index is 1430. The summed E-state index contributed by atoms with van der Waals surface area (Å²) >= 11 is 1.31.